The van der Waals surface area contributed by atoms with Crippen molar-refractivity contribution in [1.82, 2.24) is 25.2 Å². The Labute approximate surface area is 171 Å². The van der Waals surface area contributed by atoms with Crippen LogP contribution in [0.1, 0.15) is 17.3 Å². The number of carbonyl (C=O) groups excluding carboxylic acids is 2. The summed E-state index contributed by atoms with van der Waals surface area (Å²) in [5.74, 6) is -0.0785. The second kappa shape index (κ2) is 8.50. The third-order valence-corrected chi connectivity index (χ3v) is 5.49. The van der Waals surface area contributed by atoms with Crippen molar-refractivity contribution >= 4 is 38.6 Å². The molecule has 0 spiro atoms. The van der Waals surface area contributed by atoms with E-state index < -0.39 is 0 Å². The first-order chi connectivity index (χ1) is 14.2. The Bertz CT molecular complexity index is 1030. The molecule has 2 aromatic heterocycles. The summed E-state index contributed by atoms with van der Waals surface area (Å²) in [7, 11) is 0. The van der Waals surface area contributed by atoms with E-state index in [1.165, 1.54) is 17.7 Å². The number of anilines is 1. The van der Waals surface area contributed by atoms with Gasteiger partial charge in [0.1, 0.15) is 6.33 Å². The van der Waals surface area contributed by atoms with Crippen LogP contribution in [-0.4, -0.2) is 64.6 Å². The van der Waals surface area contributed by atoms with Crippen molar-refractivity contribution in [2.75, 3.05) is 38.2 Å². The predicted molar refractivity (Wildman–Crippen MR) is 110 cm³/mol. The Kier molecular flexibility index (Phi) is 5.63. The summed E-state index contributed by atoms with van der Waals surface area (Å²) in [5.41, 5.74) is 2.77. The van der Waals surface area contributed by atoms with Crippen LogP contribution in [0.3, 0.4) is 0 Å². The maximum Gasteiger partial charge on any atom is 0.321 e. The fourth-order valence-corrected chi connectivity index (χ4v) is 4.04. The lowest BCUT2D eigenvalue weighted by molar-refractivity contribution is 0.0304. The van der Waals surface area contributed by atoms with Crippen LogP contribution in [0.4, 0.5) is 9.93 Å². The van der Waals surface area contributed by atoms with Gasteiger partial charge in [0.15, 0.2) is 5.13 Å². The van der Waals surface area contributed by atoms with E-state index in [2.05, 4.69) is 25.6 Å². The molecule has 2 N–H and O–H groups in total. The van der Waals surface area contributed by atoms with E-state index in [0.717, 1.165) is 15.8 Å². The van der Waals surface area contributed by atoms with Gasteiger partial charge in [0.2, 0.25) is 0 Å². The number of rotatable bonds is 4. The SMILES string of the molecule is CCNC(=O)Nc1nc2cc(-c3cncnc3)cc(C(=O)N3CCOCC3)c2s1. The van der Waals surface area contributed by atoms with E-state index in [1.54, 1.807) is 17.3 Å². The largest absolute Gasteiger partial charge is 0.378 e. The number of morpholine rings is 1. The van der Waals surface area contributed by atoms with Gasteiger partial charge in [0.25, 0.3) is 5.91 Å². The van der Waals surface area contributed by atoms with E-state index >= 15 is 0 Å². The third kappa shape index (κ3) is 4.17. The van der Waals surface area contributed by atoms with Crippen LogP contribution < -0.4 is 10.6 Å². The van der Waals surface area contributed by atoms with Gasteiger partial charge >= 0.3 is 6.03 Å². The topological polar surface area (TPSA) is 109 Å². The molecule has 0 radical (unpaired) electrons. The molecule has 3 aromatic rings. The van der Waals surface area contributed by atoms with Gasteiger partial charge in [-0.05, 0) is 24.6 Å². The molecule has 9 nitrogen and oxygen atoms in total. The Hall–Kier alpha value is -3.11. The zero-order valence-electron chi connectivity index (χ0n) is 15.8. The smallest absolute Gasteiger partial charge is 0.321 e. The highest BCUT2D eigenvalue weighted by atomic mass is 32.1. The molecular weight excluding hydrogens is 392 g/mol. The summed E-state index contributed by atoms with van der Waals surface area (Å²) in [6.45, 7) is 4.48. The number of urea groups is 1. The van der Waals surface area contributed by atoms with Gasteiger partial charge in [-0.3, -0.25) is 10.1 Å². The van der Waals surface area contributed by atoms with Crippen LogP contribution in [0.25, 0.3) is 21.3 Å². The zero-order chi connectivity index (χ0) is 20.2. The number of fused-ring (bicyclic) bond motifs is 1. The highest BCUT2D eigenvalue weighted by molar-refractivity contribution is 7.22. The fourth-order valence-electron chi connectivity index (χ4n) is 3.10. The molecular formula is C19H20N6O3S. The first-order valence-corrected chi connectivity index (χ1v) is 10.1. The summed E-state index contributed by atoms with van der Waals surface area (Å²) < 4.78 is 6.09. The number of benzene rings is 1. The normalized spacial score (nSPS) is 14.0. The van der Waals surface area contributed by atoms with E-state index in [4.69, 9.17) is 4.74 Å². The number of amides is 3. The van der Waals surface area contributed by atoms with Gasteiger partial charge in [0.05, 0.1) is 29.0 Å². The highest BCUT2D eigenvalue weighted by Gasteiger charge is 2.23. The molecule has 10 heteroatoms. The quantitative estimate of drug-likeness (QED) is 0.681. The van der Waals surface area contributed by atoms with Crippen LogP contribution in [0.5, 0.6) is 0 Å². The lowest BCUT2D eigenvalue weighted by atomic mass is 10.0. The molecule has 1 saturated heterocycles. The van der Waals surface area contributed by atoms with E-state index in [0.29, 0.717) is 49.1 Å². The molecule has 0 aliphatic carbocycles. The van der Waals surface area contributed by atoms with Gasteiger partial charge in [-0.1, -0.05) is 11.3 Å². The Morgan fingerprint density at radius 3 is 2.66 bits per heavy atom. The zero-order valence-corrected chi connectivity index (χ0v) is 16.7. The molecule has 1 aliphatic rings. The van der Waals surface area contributed by atoms with Crippen LogP contribution in [0.2, 0.25) is 0 Å². The molecule has 150 valence electrons. The van der Waals surface area contributed by atoms with Gasteiger partial charge in [-0.2, -0.15) is 0 Å². The molecule has 4 rings (SSSR count). The minimum absolute atomic E-state index is 0.0785. The Morgan fingerprint density at radius 1 is 1.17 bits per heavy atom. The lowest BCUT2D eigenvalue weighted by Gasteiger charge is -2.27. The van der Waals surface area contributed by atoms with Crippen molar-refractivity contribution in [1.29, 1.82) is 0 Å². The van der Waals surface area contributed by atoms with Crippen molar-refractivity contribution in [3.8, 4) is 11.1 Å². The van der Waals surface area contributed by atoms with E-state index in [9.17, 15) is 9.59 Å². The maximum atomic E-state index is 13.2. The molecule has 0 atom stereocenters. The van der Waals surface area contributed by atoms with Crippen molar-refractivity contribution in [2.45, 2.75) is 6.92 Å². The molecule has 0 unspecified atom stereocenters. The number of nitrogens with zero attached hydrogens (tertiary/aromatic N) is 4. The number of thiazole rings is 1. The molecule has 3 heterocycles. The summed E-state index contributed by atoms with van der Waals surface area (Å²) in [5, 5.41) is 5.83. The molecule has 0 saturated carbocycles. The summed E-state index contributed by atoms with van der Waals surface area (Å²) >= 11 is 1.28. The maximum absolute atomic E-state index is 13.2. The Balaban J connectivity index is 1.78. The lowest BCUT2D eigenvalue weighted by Crippen LogP contribution is -2.40. The number of ether oxygens (including phenoxy) is 1. The van der Waals surface area contributed by atoms with Crippen LogP contribution in [-0.2, 0) is 4.74 Å². The van der Waals surface area contributed by atoms with Gasteiger partial charge in [0, 0.05) is 37.6 Å². The Morgan fingerprint density at radius 2 is 1.93 bits per heavy atom. The second-order valence-electron chi connectivity index (χ2n) is 6.41. The summed E-state index contributed by atoms with van der Waals surface area (Å²) in [6, 6.07) is 3.39. The number of nitrogens with one attached hydrogen (secondary N) is 2. The van der Waals surface area contributed by atoms with Crippen molar-refractivity contribution < 1.29 is 14.3 Å². The third-order valence-electron chi connectivity index (χ3n) is 4.47. The average molecular weight is 412 g/mol. The second-order valence-corrected chi connectivity index (χ2v) is 7.41. The van der Waals surface area contributed by atoms with Crippen molar-refractivity contribution in [2.24, 2.45) is 0 Å². The monoisotopic (exact) mass is 412 g/mol. The van der Waals surface area contributed by atoms with Crippen LogP contribution in [0, 0.1) is 0 Å². The molecule has 1 fully saturated rings. The molecule has 1 aliphatic heterocycles. The molecule has 1 aromatic carbocycles. The number of carbonyl (C=O) groups is 2. The van der Waals surface area contributed by atoms with Crippen LogP contribution in [0.15, 0.2) is 30.9 Å². The summed E-state index contributed by atoms with van der Waals surface area (Å²) in [4.78, 5) is 39.6. The fraction of sp³-hybridized carbons (Fsp3) is 0.316. The van der Waals surface area contributed by atoms with Gasteiger partial charge in [-0.25, -0.2) is 19.7 Å². The van der Waals surface area contributed by atoms with E-state index in [-0.39, 0.29) is 11.9 Å². The standard InChI is InChI=1S/C19H20N6O3S/c1-2-22-18(27)24-19-23-15-8-12(13-9-20-11-21-10-13)7-14(16(15)29-19)17(26)25-3-5-28-6-4-25/h7-11H,2-6H2,1H3,(H2,22,23,24,27). The van der Waals surface area contributed by atoms with Crippen LogP contribution >= 0.6 is 11.3 Å². The minimum Gasteiger partial charge on any atom is -0.378 e. The predicted octanol–water partition coefficient (Wildman–Crippen LogP) is 2.37. The summed E-state index contributed by atoms with van der Waals surface area (Å²) in [6.07, 6.45) is 4.84. The first kappa shape index (κ1) is 19.2. The minimum atomic E-state index is -0.329. The molecule has 0 bridgehead atoms. The number of hydrogen-bond acceptors (Lipinski definition) is 7. The molecule has 3 amide bonds. The van der Waals surface area contributed by atoms with Gasteiger partial charge in [-0.15, -0.1) is 0 Å². The van der Waals surface area contributed by atoms with Gasteiger partial charge < -0.3 is 15.0 Å². The first-order valence-electron chi connectivity index (χ1n) is 9.27. The number of hydrogen-bond donors (Lipinski definition) is 2. The average Bonchev–Trinajstić information content (AvgIpc) is 3.16. The highest BCUT2D eigenvalue weighted by Crippen LogP contribution is 2.34. The molecule has 29 heavy (non-hydrogen) atoms. The number of aromatic nitrogens is 3. The van der Waals surface area contributed by atoms with Crippen molar-refractivity contribution in [3.05, 3.63) is 36.4 Å². The van der Waals surface area contributed by atoms with E-state index in [1.807, 2.05) is 19.1 Å². The van der Waals surface area contributed by atoms with Crippen molar-refractivity contribution in [3.63, 3.8) is 0 Å².